The molecule has 1 rings (SSSR count). The van der Waals surface area contributed by atoms with Crippen molar-refractivity contribution in [3.05, 3.63) is 34.9 Å². The molecule has 0 aromatic heterocycles. The zero-order valence-corrected chi connectivity index (χ0v) is 12.8. The summed E-state index contributed by atoms with van der Waals surface area (Å²) in [5.74, 6) is -0.422. The lowest BCUT2D eigenvalue weighted by Crippen LogP contribution is -2.30. The maximum Gasteiger partial charge on any atom is 0.306 e. The quantitative estimate of drug-likeness (QED) is 0.758. The first-order chi connectivity index (χ1) is 9.45. The van der Waals surface area contributed by atoms with E-state index in [0.717, 1.165) is 5.56 Å². The summed E-state index contributed by atoms with van der Waals surface area (Å²) in [6.07, 6.45) is 0.275. The van der Waals surface area contributed by atoms with Gasteiger partial charge in [0.1, 0.15) is 0 Å². The molecule has 0 spiro atoms. The molecule has 20 heavy (non-hydrogen) atoms. The highest BCUT2D eigenvalue weighted by Gasteiger charge is 2.18. The molecule has 0 aliphatic heterocycles. The molecule has 1 unspecified atom stereocenters. The first-order valence-corrected chi connectivity index (χ1v) is 7.00. The molecule has 0 N–H and O–H groups in total. The molecule has 0 aliphatic rings. The topological polar surface area (TPSA) is 46.6 Å². The van der Waals surface area contributed by atoms with Crippen molar-refractivity contribution in [2.75, 3.05) is 13.7 Å². The average molecular weight is 298 g/mol. The van der Waals surface area contributed by atoms with Crippen LogP contribution >= 0.6 is 11.6 Å². The van der Waals surface area contributed by atoms with E-state index in [-0.39, 0.29) is 30.8 Å². The highest BCUT2D eigenvalue weighted by molar-refractivity contribution is 6.30. The Morgan fingerprint density at radius 2 is 1.85 bits per heavy atom. The van der Waals surface area contributed by atoms with Gasteiger partial charge in [0.25, 0.3) is 0 Å². The molecule has 4 nitrogen and oxygen atoms in total. The summed E-state index contributed by atoms with van der Waals surface area (Å²) in [5, 5.41) is 0.664. The molecule has 0 aliphatic carbocycles. The monoisotopic (exact) mass is 297 g/mol. The predicted molar refractivity (Wildman–Crippen MR) is 78.5 cm³/mol. The third kappa shape index (κ3) is 4.85. The van der Waals surface area contributed by atoms with Gasteiger partial charge in [-0.2, -0.15) is 0 Å². The van der Waals surface area contributed by atoms with Gasteiger partial charge in [0, 0.05) is 18.5 Å². The maximum atomic E-state index is 12.0. The number of rotatable bonds is 6. The van der Waals surface area contributed by atoms with E-state index in [4.69, 9.17) is 16.3 Å². The molecule has 1 aromatic carbocycles. The molecule has 0 heterocycles. The van der Waals surface area contributed by atoms with Gasteiger partial charge in [-0.25, -0.2) is 0 Å². The zero-order chi connectivity index (χ0) is 15.1. The molecule has 5 heteroatoms. The van der Waals surface area contributed by atoms with Crippen molar-refractivity contribution in [2.45, 2.75) is 32.7 Å². The minimum absolute atomic E-state index is 0.0676. The lowest BCUT2D eigenvalue weighted by Gasteiger charge is -2.25. The Balaban J connectivity index is 2.55. The van der Waals surface area contributed by atoms with Crippen LogP contribution in [-0.4, -0.2) is 30.4 Å². The summed E-state index contributed by atoms with van der Waals surface area (Å²) in [4.78, 5) is 24.9. The van der Waals surface area contributed by atoms with Crippen LogP contribution in [0.4, 0.5) is 0 Å². The van der Waals surface area contributed by atoms with Gasteiger partial charge >= 0.3 is 5.97 Å². The number of carbonyl (C=O) groups excluding carboxylic acids is 2. The Hall–Kier alpha value is -1.55. The molecule has 0 saturated carbocycles. The minimum Gasteiger partial charge on any atom is -0.466 e. The van der Waals surface area contributed by atoms with Gasteiger partial charge in [0.05, 0.1) is 19.1 Å². The second-order valence-corrected chi connectivity index (χ2v) is 4.97. The number of halogens is 1. The van der Waals surface area contributed by atoms with Gasteiger partial charge in [0.15, 0.2) is 0 Å². The normalized spacial score (nSPS) is 11.8. The van der Waals surface area contributed by atoms with Crippen molar-refractivity contribution < 1.29 is 14.3 Å². The van der Waals surface area contributed by atoms with Gasteiger partial charge in [-0.05, 0) is 31.5 Å². The number of ether oxygens (including phenoxy) is 1. The summed E-state index contributed by atoms with van der Waals surface area (Å²) >= 11 is 5.84. The Morgan fingerprint density at radius 3 is 2.40 bits per heavy atom. The summed E-state index contributed by atoms with van der Waals surface area (Å²) in [5.41, 5.74) is 1.00. The first-order valence-electron chi connectivity index (χ1n) is 6.62. The van der Waals surface area contributed by atoms with Crippen molar-refractivity contribution in [3.8, 4) is 0 Å². The van der Waals surface area contributed by atoms with E-state index in [0.29, 0.717) is 11.6 Å². The highest BCUT2D eigenvalue weighted by atomic mass is 35.5. The summed E-state index contributed by atoms with van der Waals surface area (Å²) in [6, 6.07) is 7.31. The van der Waals surface area contributed by atoms with Crippen molar-refractivity contribution in [1.29, 1.82) is 0 Å². The predicted octanol–water partition coefficient (Wildman–Crippen LogP) is 3.20. The lowest BCUT2D eigenvalue weighted by molar-refractivity contribution is -0.145. The Kier molecular flexibility index (Phi) is 6.52. The Morgan fingerprint density at radius 1 is 1.25 bits per heavy atom. The molecular formula is C15H20ClNO3. The van der Waals surface area contributed by atoms with Crippen LogP contribution in [0.5, 0.6) is 0 Å². The van der Waals surface area contributed by atoms with E-state index in [1.165, 1.54) is 0 Å². The van der Waals surface area contributed by atoms with Gasteiger partial charge in [0.2, 0.25) is 5.91 Å². The van der Waals surface area contributed by atoms with Crippen LogP contribution in [0, 0.1) is 0 Å². The fourth-order valence-electron chi connectivity index (χ4n) is 1.80. The average Bonchev–Trinajstić information content (AvgIpc) is 2.44. The van der Waals surface area contributed by atoms with Crippen LogP contribution in [0.2, 0.25) is 5.02 Å². The van der Waals surface area contributed by atoms with Gasteiger partial charge in [-0.15, -0.1) is 0 Å². The molecule has 1 atom stereocenters. The molecule has 0 radical (unpaired) electrons. The van der Waals surface area contributed by atoms with Crippen LogP contribution in [0.1, 0.15) is 38.3 Å². The van der Waals surface area contributed by atoms with Crippen molar-refractivity contribution >= 4 is 23.5 Å². The molecule has 0 fully saturated rings. The summed E-state index contributed by atoms with van der Waals surface area (Å²) in [6.45, 7) is 4.02. The molecule has 110 valence electrons. The second kappa shape index (κ2) is 7.90. The van der Waals surface area contributed by atoms with E-state index in [1.54, 1.807) is 31.0 Å². The lowest BCUT2D eigenvalue weighted by atomic mass is 10.1. The van der Waals surface area contributed by atoms with Crippen molar-refractivity contribution in [2.24, 2.45) is 0 Å². The number of nitrogens with zero attached hydrogens (tertiary/aromatic N) is 1. The number of hydrogen-bond acceptors (Lipinski definition) is 3. The van der Waals surface area contributed by atoms with Crippen molar-refractivity contribution in [3.63, 3.8) is 0 Å². The minimum atomic E-state index is -0.339. The summed E-state index contributed by atoms with van der Waals surface area (Å²) in [7, 11) is 1.73. The van der Waals surface area contributed by atoms with E-state index in [1.807, 2.05) is 19.1 Å². The molecular weight excluding hydrogens is 278 g/mol. The highest BCUT2D eigenvalue weighted by Crippen LogP contribution is 2.21. The molecule has 0 bridgehead atoms. The standard InChI is InChI=1S/C15H20ClNO3/c1-4-20-15(19)10-9-14(18)17(3)11(2)12-5-7-13(16)8-6-12/h5-8,11H,4,9-10H2,1-3H3. The fraction of sp³-hybridized carbons (Fsp3) is 0.467. The van der Waals surface area contributed by atoms with Crippen LogP contribution in [-0.2, 0) is 14.3 Å². The number of amides is 1. The molecule has 1 aromatic rings. The van der Waals surface area contributed by atoms with E-state index in [9.17, 15) is 9.59 Å². The molecule has 1 amide bonds. The van der Waals surface area contributed by atoms with Gasteiger partial charge in [-0.1, -0.05) is 23.7 Å². The van der Waals surface area contributed by atoms with E-state index in [2.05, 4.69) is 0 Å². The Labute approximate surface area is 124 Å². The maximum absolute atomic E-state index is 12.0. The van der Waals surface area contributed by atoms with Crippen molar-refractivity contribution in [1.82, 2.24) is 4.90 Å². The number of esters is 1. The van der Waals surface area contributed by atoms with Crippen LogP contribution in [0.25, 0.3) is 0 Å². The smallest absolute Gasteiger partial charge is 0.306 e. The molecule has 0 saturated heterocycles. The zero-order valence-electron chi connectivity index (χ0n) is 12.1. The fourth-order valence-corrected chi connectivity index (χ4v) is 1.93. The van der Waals surface area contributed by atoms with Gasteiger partial charge < -0.3 is 9.64 Å². The largest absolute Gasteiger partial charge is 0.466 e. The number of benzene rings is 1. The SMILES string of the molecule is CCOC(=O)CCC(=O)N(C)C(C)c1ccc(Cl)cc1. The third-order valence-corrected chi connectivity index (χ3v) is 3.43. The summed E-state index contributed by atoms with van der Waals surface area (Å²) < 4.78 is 4.81. The first kappa shape index (κ1) is 16.5. The Bertz CT molecular complexity index is 459. The second-order valence-electron chi connectivity index (χ2n) is 4.54. The van der Waals surface area contributed by atoms with Crippen LogP contribution < -0.4 is 0 Å². The van der Waals surface area contributed by atoms with Crippen LogP contribution in [0.15, 0.2) is 24.3 Å². The van der Waals surface area contributed by atoms with E-state index >= 15 is 0 Å². The number of carbonyl (C=O) groups is 2. The van der Waals surface area contributed by atoms with Crippen LogP contribution in [0.3, 0.4) is 0 Å². The third-order valence-electron chi connectivity index (χ3n) is 3.18. The number of hydrogen-bond donors (Lipinski definition) is 0. The van der Waals surface area contributed by atoms with E-state index < -0.39 is 0 Å². The van der Waals surface area contributed by atoms with Gasteiger partial charge in [-0.3, -0.25) is 9.59 Å².